The van der Waals surface area contributed by atoms with Crippen LogP contribution in [0.3, 0.4) is 0 Å². The third-order valence-corrected chi connectivity index (χ3v) is 3.42. The number of aromatic nitrogens is 2. The Balaban J connectivity index is 2.25. The van der Waals surface area contributed by atoms with Gasteiger partial charge < -0.3 is 0 Å². The molecule has 0 unspecified atom stereocenters. The second-order valence-electron chi connectivity index (χ2n) is 4.71. The van der Waals surface area contributed by atoms with Crippen molar-refractivity contribution in [2.75, 3.05) is 0 Å². The number of carbonyl (C=O) groups is 1. The lowest BCUT2D eigenvalue weighted by molar-refractivity contribution is 0.0966. The van der Waals surface area contributed by atoms with E-state index in [0.717, 1.165) is 35.5 Å². The van der Waals surface area contributed by atoms with Crippen LogP contribution >= 0.6 is 0 Å². The largest absolute Gasteiger partial charge is 0.292 e. The number of halogens is 2. The van der Waals surface area contributed by atoms with Crippen LogP contribution in [0, 0.1) is 25.5 Å². The third kappa shape index (κ3) is 2.61. The van der Waals surface area contributed by atoms with E-state index in [0.29, 0.717) is 0 Å². The normalized spacial score (nSPS) is 10.8. The van der Waals surface area contributed by atoms with Crippen LogP contribution in [0.15, 0.2) is 18.2 Å². The van der Waals surface area contributed by atoms with Crippen molar-refractivity contribution in [2.24, 2.45) is 0 Å². The van der Waals surface area contributed by atoms with E-state index >= 15 is 0 Å². The topological polar surface area (TPSA) is 34.9 Å². The zero-order valence-corrected chi connectivity index (χ0v) is 11.7. The number of aryl methyl sites for hydroxylation is 1. The Hall–Kier alpha value is -2.04. The Morgan fingerprint density at radius 2 is 1.95 bits per heavy atom. The summed E-state index contributed by atoms with van der Waals surface area (Å²) >= 11 is 0. The molecule has 1 heterocycles. The number of rotatable bonds is 4. The van der Waals surface area contributed by atoms with Crippen LogP contribution in [0.2, 0.25) is 0 Å². The maximum absolute atomic E-state index is 13.1. The molecule has 0 radical (unpaired) electrons. The second kappa shape index (κ2) is 5.53. The van der Waals surface area contributed by atoms with Crippen molar-refractivity contribution in [1.29, 1.82) is 0 Å². The van der Waals surface area contributed by atoms with Crippen molar-refractivity contribution < 1.29 is 13.6 Å². The number of Topliss-reactive ketones (excluding diaryl/α,β-unsaturated/α-hetero) is 1. The number of carbonyl (C=O) groups excluding carboxylic acids is 1. The van der Waals surface area contributed by atoms with E-state index in [1.54, 1.807) is 4.68 Å². The molecule has 3 nitrogen and oxygen atoms in total. The van der Waals surface area contributed by atoms with Crippen LogP contribution in [0.5, 0.6) is 0 Å². The molecule has 2 aromatic rings. The highest BCUT2D eigenvalue weighted by Gasteiger charge is 2.15. The van der Waals surface area contributed by atoms with Crippen LogP contribution < -0.4 is 0 Å². The molecule has 5 heteroatoms. The van der Waals surface area contributed by atoms with E-state index in [2.05, 4.69) is 5.10 Å². The number of hydrogen-bond donors (Lipinski definition) is 0. The molecular formula is C15H16F2N2O. The summed E-state index contributed by atoms with van der Waals surface area (Å²) in [6.45, 7) is 5.85. The molecule has 0 aliphatic rings. The maximum atomic E-state index is 13.1. The molecule has 0 amide bonds. The van der Waals surface area contributed by atoms with Gasteiger partial charge in [-0.25, -0.2) is 8.78 Å². The Morgan fingerprint density at radius 1 is 1.25 bits per heavy atom. The molecule has 0 bridgehead atoms. The van der Waals surface area contributed by atoms with Crippen molar-refractivity contribution in [3.63, 3.8) is 0 Å². The maximum Gasteiger partial charge on any atom is 0.184 e. The fourth-order valence-electron chi connectivity index (χ4n) is 2.30. The number of benzene rings is 1. The van der Waals surface area contributed by atoms with Gasteiger partial charge in [-0.2, -0.15) is 5.10 Å². The van der Waals surface area contributed by atoms with Gasteiger partial charge in [-0.15, -0.1) is 0 Å². The summed E-state index contributed by atoms with van der Waals surface area (Å²) in [5.74, 6) is -2.27. The smallest absolute Gasteiger partial charge is 0.184 e. The lowest BCUT2D eigenvalue weighted by atomic mass is 10.1. The molecule has 1 aromatic heterocycles. The SMILES string of the molecule is CCc1c(C)nn(CC(=O)c2ccc(F)c(F)c2)c1C. The predicted molar refractivity (Wildman–Crippen MR) is 71.8 cm³/mol. The molecule has 0 saturated carbocycles. The summed E-state index contributed by atoms with van der Waals surface area (Å²) in [6.07, 6.45) is 0.844. The van der Waals surface area contributed by atoms with E-state index in [9.17, 15) is 13.6 Å². The van der Waals surface area contributed by atoms with Crippen LogP contribution in [0.25, 0.3) is 0 Å². The molecule has 0 N–H and O–H groups in total. The van der Waals surface area contributed by atoms with E-state index in [1.807, 2.05) is 20.8 Å². The lowest BCUT2D eigenvalue weighted by Crippen LogP contribution is -2.13. The number of hydrogen-bond acceptors (Lipinski definition) is 2. The molecule has 0 atom stereocenters. The van der Waals surface area contributed by atoms with E-state index in [4.69, 9.17) is 0 Å². The summed E-state index contributed by atoms with van der Waals surface area (Å²) in [5.41, 5.74) is 3.08. The molecule has 0 aliphatic heterocycles. The number of nitrogens with zero attached hydrogens (tertiary/aromatic N) is 2. The van der Waals surface area contributed by atoms with Gasteiger partial charge >= 0.3 is 0 Å². The minimum absolute atomic E-state index is 0.0255. The van der Waals surface area contributed by atoms with Crippen molar-refractivity contribution >= 4 is 5.78 Å². The summed E-state index contributed by atoms with van der Waals surface area (Å²) in [7, 11) is 0. The highest BCUT2D eigenvalue weighted by Crippen LogP contribution is 2.15. The Bertz CT molecular complexity index is 662. The fraction of sp³-hybridized carbons (Fsp3) is 0.333. The zero-order valence-electron chi connectivity index (χ0n) is 11.7. The summed E-state index contributed by atoms with van der Waals surface area (Å²) in [4.78, 5) is 12.1. The first-order chi connectivity index (χ1) is 9.43. The molecule has 0 aliphatic carbocycles. The van der Waals surface area contributed by atoms with Crippen LogP contribution in [0.1, 0.15) is 34.2 Å². The standard InChI is InChI=1S/C15H16F2N2O/c1-4-12-9(2)18-19(10(12)3)8-15(20)11-5-6-13(16)14(17)7-11/h5-7H,4,8H2,1-3H3. The summed E-state index contributed by atoms with van der Waals surface area (Å²) in [5, 5.41) is 4.31. The number of ketones is 1. The van der Waals surface area contributed by atoms with E-state index < -0.39 is 11.6 Å². The van der Waals surface area contributed by atoms with Gasteiger partial charge in [0, 0.05) is 11.3 Å². The van der Waals surface area contributed by atoms with Gasteiger partial charge in [0.15, 0.2) is 17.4 Å². The van der Waals surface area contributed by atoms with Crippen molar-refractivity contribution in [1.82, 2.24) is 9.78 Å². The Morgan fingerprint density at radius 3 is 2.50 bits per heavy atom. The molecule has 0 fully saturated rings. The van der Waals surface area contributed by atoms with Crippen LogP contribution in [-0.4, -0.2) is 15.6 Å². The average Bonchev–Trinajstić information content (AvgIpc) is 2.67. The Kier molecular flexibility index (Phi) is 3.97. The van der Waals surface area contributed by atoms with E-state index in [-0.39, 0.29) is 17.9 Å². The molecule has 0 saturated heterocycles. The van der Waals surface area contributed by atoms with Crippen LogP contribution in [-0.2, 0) is 13.0 Å². The molecule has 1 aromatic carbocycles. The van der Waals surface area contributed by atoms with Crippen molar-refractivity contribution in [2.45, 2.75) is 33.7 Å². The fourth-order valence-corrected chi connectivity index (χ4v) is 2.30. The molecule has 20 heavy (non-hydrogen) atoms. The minimum Gasteiger partial charge on any atom is -0.292 e. The van der Waals surface area contributed by atoms with Gasteiger partial charge in [0.05, 0.1) is 5.69 Å². The van der Waals surface area contributed by atoms with Crippen molar-refractivity contribution in [3.05, 3.63) is 52.3 Å². The van der Waals surface area contributed by atoms with Crippen LogP contribution in [0.4, 0.5) is 8.78 Å². The first-order valence-corrected chi connectivity index (χ1v) is 6.45. The quantitative estimate of drug-likeness (QED) is 0.805. The van der Waals surface area contributed by atoms with Gasteiger partial charge in [-0.3, -0.25) is 9.48 Å². The second-order valence-corrected chi connectivity index (χ2v) is 4.71. The van der Waals surface area contributed by atoms with Crippen molar-refractivity contribution in [3.8, 4) is 0 Å². The van der Waals surface area contributed by atoms with Gasteiger partial charge in [0.25, 0.3) is 0 Å². The molecule has 106 valence electrons. The third-order valence-electron chi connectivity index (χ3n) is 3.42. The first kappa shape index (κ1) is 14.4. The predicted octanol–water partition coefficient (Wildman–Crippen LogP) is 3.22. The average molecular weight is 278 g/mol. The lowest BCUT2D eigenvalue weighted by Gasteiger charge is -2.05. The van der Waals surface area contributed by atoms with Gasteiger partial charge in [0.2, 0.25) is 0 Å². The van der Waals surface area contributed by atoms with E-state index in [1.165, 1.54) is 6.07 Å². The van der Waals surface area contributed by atoms with Gasteiger partial charge in [0.1, 0.15) is 6.54 Å². The van der Waals surface area contributed by atoms with Gasteiger partial charge in [-0.05, 0) is 44.0 Å². The summed E-state index contributed by atoms with van der Waals surface area (Å²) in [6, 6.07) is 3.17. The first-order valence-electron chi connectivity index (χ1n) is 6.45. The zero-order chi connectivity index (χ0) is 14.9. The monoisotopic (exact) mass is 278 g/mol. The Labute approximate surface area is 116 Å². The molecule has 2 rings (SSSR count). The molecule has 0 spiro atoms. The summed E-state index contributed by atoms with van der Waals surface area (Å²) < 4.78 is 27.6. The molecular weight excluding hydrogens is 262 g/mol. The highest BCUT2D eigenvalue weighted by atomic mass is 19.2. The highest BCUT2D eigenvalue weighted by molar-refractivity contribution is 5.95. The van der Waals surface area contributed by atoms with Gasteiger partial charge in [-0.1, -0.05) is 6.92 Å². The minimum atomic E-state index is -1.02.